The minimum absolute atomic E-state index is 0.0520. The number of benzene rings is 1. The molecule has 1 atom stereocenters. The Kier molecular flexibility index (Phi) is 5.23. The second-order valence-corrected chi connectivity index (χ2v) is 7.74. The summed E-state index contributed by atoms with van der Waals surface area (Å²) in [6, 6.07) is 6.94. The number of piperidine rings is 1. The SMILES string of the molecule is O=C1CC(CN2CCC(Oc3cccc4c3ccn4CC(F)(F)F)CC2)CN1. The summed E-state index contributed by atoms with van der Waals surface area (Å²) in [5.74, 6) is 1.16. The highest BCUT2D eigenvalue weighted by Gasteiger charge is 2.29. The Hall–Kier alpha value is -2.22. The fraction of sp³-hybridized carbons (Fsp3) is 0.550. The minimum atomic E-state index is -4.25. The summed E-state index contributed by atoms with van der Waals surface area (Å²) in [6.07, 6.45) is -0.398. The van der Waals surface area contributed by atoms with Crippen LogP contribution in [0.15, 0.2) is 30.5 Å². The van der Waals surface area contributed by atoms with Gasteiger partial charge in [0, 0.05) is 44.2 Å². The van der Waals surface area contributed by atoms with Crippen LogP contribution in [0, 0.1) is 5.92 Å². The number of amides is 1. The van der Waals surface area contributed by atoms with Crippen molar-refractivity contribution in [1.82, 2.24) is 14.8 Å². The van der Waals surface area contributed by atoms with E-state index in [9.17, 15) is 18.0 Å². The van der Waals surface area contributed by atoms with Gasteiger partial charge in [-0.05, 0) is 37.0 Å². The van der Waals surface area contributed by atoms with Crippen LogP contribution in [0.4, 0.5) is 13.2 Å². The van der Waals surface area contributed by atoms with Crippen molar-refractivity contribution in [2.45, 2.75) is 38.1 Å². The molecule has 0 spiro atoms. The number of nitrogens with zero attached hydrogens (tertiary/aromatic N) is 2. The number of carbonyl (C=O) groups excluding carboxylic acids is 1. The minimum Gasteiger partial charge on any atom is -0.490 e. The summed E-state index contributed by atoms with van der Waals surface area (Å²) >= 11 is 0. The van der Waals surface area contributed by atoms with Crippen LogP contribution in [-0.4, -0.2) is 53.8 Å². The van der Waals surface area contributed by atoms with Gasteiger partial charge in [0.05, 0.1) is 5.52 Å². The van der Waals surface area contributed by atoms with E-state index >= 15 is 0 Å². The molecule has 2 aliphatic rings. The number of hydrogen-bond donors (Lipinski definition) is 1. The monoisotopic (exact) mass is 395 g/mol. The number of aromatic nitrogens is 1. The van der Waals surface area contributed by atoms with Gasteiger partial charge in [-0.1, -0.05) is 6.07 Å². The van der Waals surface area contributed by atoms with Crippen LogP contribution >= 0.6 is 0 Å². The zero-order valence-corrected chi connectivity index (χ0v) is 15.5. The van der Waals surface area contributed by atoms with Crippen molar-refractivity contribution < 1.29 is 22.7 Å². The molecule has 8 heteroatoms. The van der Waals surface area contributed by atoms with Gasteiger partial charge in [-0.25, -0.2) is 0 Å². The van der Waals surface area contributed by atoms with Gasteiger partial charge in [-0.2, -0.15) is 13.2 Å². The van der Waals surface area contributed by atoms with Gasteiger partial charge in [0.1, 0.15) is 18.4 Å². The predicted molar refractivity (Wildman–Crippen MR) is 99.2 cm³/mol. The van der Waals surface area contributed by atoms with Crippen molar-refractivity contribution in [3.05, 3.63) is 30.5 Å². The third-order valence-corrected chi connectivity index (χ3v) is 5.53. The first-order valence-corrected chi connectivity index (χ1v) is 9.68. The maximum Gasteiger partial charge on any atom is 0.406 e. The van der Waals surface area contributed by atoms with Gasteiger partial charge >= 0.3 is 6.18 Å². The molecular formula is C20H24F3N3O2. The van der Waals surface area contributed by atoms with Gasteiger partial charge in [0.15, 0.2) is 0 Å². The van der Waals surface area contributed by atoms with Crippen LogP contribution in [0.2, 0.25) is 0 Å². The third kappa shape index (κ3) is 4.43. The highest BCUT2D eigenvalue weighted by molar-refractivity contribution is 5.86. The molecule has 0 aliphatic carbocycles. The molecule has 5 nitrogen and oxygen atoms in total. The topological polar surface area (TPSA) is 46.5 Å². The summed E-state index contributed by atoms with van der Waals surface area (Å²) in [6.45, 7) is 2.48. The maximum absolute atomic E-state index is 12.7. The number of fused-ring (bicyclic) bond motifs is 1. The van der Waals surface area contributed by atoms with Gasteiger partial charge in [-0.15, -0.1) is 0 Å². The first kappa shape index (κ1) is 19.1. The number of carbonyl (C=O) groups is 1. The zero-order chi connectivity index (χ0) is 19.7. The van der Waals surface area contributed by atoms with Crippen LogP contribution in [0.3, 0.4) is 0 Å². The van der Waals surface area contributed by atoms with Crippen molar-refractivity contribution in [2.24, 2.45) is 5.92 Å². The van der Waals surface area contributed by atoms with E-state index in [2.05, 4.69) is 10.2 Å². The fourth-order valence-electron chi connectivity index (χ4n) is 4.18. The molecule has 1 aromatic carbocycles. The number of hydrogen-bond acceptors (Lipinski definition) is 3. The van der Waals surface area contributed by atoms with Gasteiger partial charge in [-0.3, -0.25) is 4.79 Å². The molecule has 2 fully saturated rings. The van der Waals surface area contributed by atoms with Crippen LogP contribution < -0.4 is 10.1 Å². The van der Waals surface area contributed by atoms with Crippen molar-refractivity contribution >= 4 is 16.8 Å². The largest absolute Gasteiger partial charge is 0.490 e. The van der Waals surface area contributed by atoms with E-state index in [4.69, 9.17) is 4.74 Å². The first-order chi connectivity index (χ1) is 13.4. The molecule has 2 saturated heterocycles. The van der Waals surface area contributed by atoms with E-state index in [0.717, 1.165) is 39.0 Å². The standard InChI is InChI=1S/C20H24F3N3O2/c21-20(22,23)13-26-9-6-16-17(26)2-1-3-18(16)28-15-4-7-25(8-5-15)12-14-10-19(27)24-11-14/h1-3,6,9,14-15H,4-5,7-8,10-13H2,(H,24,27). The molecule has 28 heavy (non-hydrogen) atoms. The summed E-state index contributed by atoms with van der Waals surface area (Å²) in [7, 11) is 0. The van der Waals surface area contributed by atoms with E-state index < -0.39 is 12.7 Å². The molecule has 152 valence electrons. The molecule has 1 aromatic heterocycles. The molecule has 1 amide bonds. The van der Waals surface area contributed by atoms with Crippen molar-refractivity contribution in [3.8, 4) is 5.75 Å². The van der Waals surface area contributed by atoms with Gasteiger partial charge in [0.2, 0.25) is 5.91 Å². The molecule has 4 rings (SSSR count). The van der Waals surface area contributed by atoms with E-state index in [1.54, 1.807) is 18.2 Å². The normalized spacial score (nSPS) is 22.0. The van der Waals surface area contributed by atoms with Crippen LogP contribution in [0.25, 0.3) is 10.9 Å². The number of rotatable bonds is 5. The number of halogens is 3. The smallest absolute Gasteiger partial charge is 0.406 e. The lowest BCUT2D eigenvalue weighted by Gasteiger charge is -2.33. The summed E-state index contributed by atoms with van der Waals surface area (Å²) < 4.78 is 45.6. The molecule has 3 heterocycles. The number of nitrogens with one attached hydrogen (secondary N) is 1. The summed E-state index contributed by atoms with van der Waals surface area (Å²) in [5.41, 5.74) is 0.533. The van der Waals surface area contributed by atoms with Crippen molar-refractivity contribution in [2.75, 3.05) is 26.2 Å². The second-order valence-electron chi connectivity index (χ2n) is 7.74. The Morgan fingerprint density at radius 3 is 2.64 bits per heavy atom. The summed E-state index contributed by atoms with van der Waals surface area (Å²) in [5, 5.41) is 3.58. The molecule has 0 bridgehead atoms. The second kappa shape index (κ2) is 7.66. The van der Waals surface area contributed by atoms with E-state index in [0.29, 0.717) is 29.0 Å². The molecular weight excluding hydrogens is 371 g/mol. The zero-order valence-electron chi connectivity index (χ0n) is 15.5. The Morgan fingerprint density at radius 2 is 1.96 bits per heavy atom. The van der Waals surface area contributed by atoms with E-state index in [1.807, 2.05) is 6.07 Å². The predicted octanol–water partition coefficient (Wildman–Crippen LogP) is 3.18. The maximum atomic E-state index is 12.7. The molecule has 1 unspecified atom stereocenters. The first-order valence-electron chi connectivity index (χ1n) is 9.68. The molecule has 2 aromatic rings. The average molecular weight is 395 g/mol. The number of alkyl halides is 3. The summed E-state index contributed by atoms with van der Waals surface area (Å²) in [4.78, 5) is 13.7. The van der Waals surface area contributed by atoms with E-state index in [-0.39, 0.29) is 12.0 Å². The fourth-order valence-corrected chi connectivity index (χ4v) is 4.18. The quantitative estimate of drug-likeness (QED) is 0.846. The van der Waals surface area contributed by atoms with Crippen LogP contribution in [0.5, 0.6) is 5.75 Å². The Labute approximate surface area is 161 Å². The highest BCUT2D eigenvalue weighted by Crippen LogP contribution is 2.31. The van der Waals surface area contributed by atoms with Gasteiger partial charge in [0.25, 0.3) is 0 Å². The van der Waals surface area contributed by atoms with Gasteiger partial charge < -0.3 is 19.5 Å². The molecule has 2 aliphatic heterocycles. The van der Waals surface area contributed by atoms with Crippen LogP contribution in [0.1, 0.15) is 19.3 Å². The molecule has 0 radical (unpaired) electrons. The van der Waals surface area contributed by atoms with Crippen molar-refractivity contribution in [1.29, 1.82) is 0 Å². The number of likely N-dealkylation sites (tertiary alicyclic amines) is 1. The molecule has 1 N–H and O–H groups in total. The highest BCUT2D eigenvalue weighted by atomic mass is 19.4. The Bertz CT molecular complexity index is 841. The Morgan fingerprint density at radius 1 is 1.18 bits per heavy atom. The number of ether oxygens (including phenoxy) is 1. The lowest BCUT2D eigenvalue weighted by Crippen LogP contribution is -2.41. The molecule has 0 saturated carbocycles. The Balaban J connectivity index is 1.36. The van der Waals surface area contributed by atoms with E-state index in [1.165, 1.54) is 10.8 Å². The van der Waals surface area contributed by atoms with Crippen molar-refractivity contribution in [3.63, 3.8) is 0 Å². The lowest BCUT2D eigenvalue weighted by molar-refractivity contribution is -0.139. The van der Waals surface area contributed by atoms with Crippen LogP contribution in [-0.2, 0) is 11.3 Å². The lowest BCUT2D eigenvalue weighted by atomic mass is 10.0. The average Bonchev–Trinajstić information content (AvgIpc) is 3.22. The third-order valence-electron chi connectivity index (χ3n) is 5.53.